The second-order valence-electron chi connectivity index (χ2n) is 4.80. The van der Waals surface area contributed by atoms with Crippen LogP contribution in [0.5, 0.6) is 5.75 Å². The molecule has 7 nitrogen and oxygen atoms in total. The molecule has 0 fully saturated rings. The van der Waals surface area contributed by atoms with Crippen molar-refractivity contribution >= 4 is 23.5 Å². The minimum atomic E-state index is -0.571. The van der Waals surface area contributed by atoms with Gasteiger partial charge in [0.05, 0.1) is 5.69 Å². The number of benzene rings is 1. The maximum atomic E-state index is 11.6. The zero-order valence-electron chi connectivity index (χ0n) is 12.9. The van der Waals surface area contributed by atoms with Gasteiger partial charge in [0.25, 0.3) is 5.91 Å². The average Bonchev–Trinajstić information content (AvgIpc) is 2.45. The number of carbonyl (C=O) groups is 3. The number of urea groups is 1. The van der Waals surface area contributed by atoms with Gasteiger partial charge in [0.15, 0.2) is 6.61 Å². The maximum Gasteiger partial charge on any atom is 0.321 e. The average molecular weight is 307 g/mol. The van der Waals surface area contributed by atoms with E-state index in [1.165, 1.54) is 6.92 Å². The van der Waals surface area contributed by atoms with Crippen molar-refractivity contribution in [2.24, 2.45) is 0 Å². The van der Waals surface area contributed by atoms with E-state index >= 15 is 0 Å². The second kappa shape index (κ2) is 8.66. The number of imide groups is 1. The molecule has 0 aromatic heterocycles. The van der Waals surface area contributed by atoms with E-state index in [0.717, 1.165) is 6.42 Å². The van der Waals surface area contributed by atoms with Gasteiger partial charge in [-0.15, -0.1) is 0 Å². The van der Waals surface area contributed by atoms with Crippen LogP contribution in [-0.4, -0.2) is 30.5 Å². The monoisotopic (exact) mass is 307 g/mol. The summed E-state index contributed by atoms with van der Waals surface area (Å²) in [5, 5.41) is 7.38. The van der Waals surface area contributed by atoms with Gasteiger partial charge in [-0.2, -0.15) is 0 Å². The summed E-state index contributed by atoms with van der Waals surface area (Å²) in [5.74, 6) is -0.456. The number of rotatable bonds is 6. The van der Waals surface area contributed by atoms with Crippen LogP contribution < -0.4 is 20.7 Å². The summed E-state index contributed by atoms with van der Waals surface area (Å²) in [6.45, 7) is 4.81. The highest BCUT2D eigenvalue weighted by Gasteiger charge is 2.11. The molecule has 22 heavy (non-hydrogen) atoms. The van der Waals surface area contributed by atoms with E-state index in [0.29, 0.717) is 11.4 Å². The zero-order chi connectivity index (χ0) is 16.5. The SMILES string of the molecule is CC[C@H](C)NC(=O)NC(=O)COc1ccccc1NC(C)=O. The highest BCUT2D eigenvalue weighted by molar-refractivity contribution is 5.95. The Labute approximate surface area is 129 Å². The molecule has 0 heterocycles. The van der Waals surface area contributed by atoms with E-state index in [2.05, 4.69) is 16.0 Å². The Morgan fingerprint density at radius 2 is 1.91 bits per heavy atom. The molecule has 7 heteroatoms. The molecular formula is C15H21N3O4. The predicted octanol–water partition coefficient (Wildman–Crippen LogP) is 1.65. The Kier molecular flexibility index (Phi) is 6.88. The van der Waals surface area contributed by atoms with Crippen molar-refractivity contribution in [3.63, 3.8) is 0 Å². The van der Waals surface area contributed by atoms with Gasteiger partial charge < -0.3 is 15.4 Å². The van der Waals surface area contributed by atoms with Gasteiger partial charge in [0, 0.05) is 13.0 Å². The Bertz CT molecular complexity index is 545. The predicted molar refractivity (Wildman–Crippen MR) is 82.7 cm³/mol. The zero-order valence-corrected chi connectivity index (χ0v) is 12.9. The molecule has 120 valence electrons. The standard InChI is InChI=1S/C15H21N3O4/c1-4-10(2)16-15(21)18-14(20)9-22-13-8-6-5-7-12(13)17-11(3)19/h5-8,10H,4,9H2,1-3H3,(H,17,19)(H2,16,18,20,21)/t10-/m0/s1. The fourth-order valence-corrected chi connectivity index (χ4v) is 1.55. The lowest BCUT2D eigenvalue weighted by molar-refractivity contribution is -0.122. The molecule has 4 amide bonds. The van der Waals surface area contributed by atoms with Crippen LogP contribution in [0.25, 0.3) is 0 Å². The Balaban J connectivity index is 2.50. The highest BCUT2D eigenvalue weighted by atomic mass is 16.5. The third-order valence-electron chi connectivity index (χ3n) is 2.80. The number of hydrogen-bond donors (Lipinski definition) is 3. The first kappa shape index (κ1) is 17.5. The summed E-state index contributed by atoms with van der Waals surface area (Å²) in [6.07, 6.45) is 0.766. The molecule has 0 aliphatic carbocycles. The minimum absolute atomic E-state index is 0.0192. The Morgan fingerprint density at radius 1 is 1.23 bits per heavy atom. The maximum absolute atomic E-state index is 11.6. The van der Waals surface area contributed by atoms with E-state index in [-0.39, 0.29) is 18.6 Å². The lowest BCUT2D eigenvalue weighted by atomic mass is 10.3. The molecule has 0 radical (unpaired) electrons. The van der Waals surface area contributed by atoms with Gasteiger partial charge in [-0.25, -0.2) is 4.79 Å². The molecule has 0 aliphatic heterocycles. The van der Waals surface area contributed by atoms with Crippen LogP contribution >= 0.6 is 0 Å². The summed E-state index contributed by atoms with van der Waals surface area (Å²) in [4.78, 5) is 34.2. The summed E-state index contributed by atoms with van der Waals surface area (Å²) >= 11 is 0. The number of hydrogen-bond acceptors (Lipinski definition) is 4. The number of ether oxygens (including phenoxy) is 1. The second-order valence-corrected chi connectivity index (χ2v) is 4.80. The molecule has 1 rings (SSSR count). The fourth-order valence-electron chi connectivity index (χ4n) is 1.55. The van der Waals surface area contributed by atoms with Crippen LogP contribution in [-0.2, 0) is 9.59 Å². The van der Waals surface area contributed by atoms with Crippen molar-refractivity contribution in [3.8, 4) is 5.75 Å². The number of anilines is 1. The normalized spacial score (nSPS) is 11.2. The lowest BCUT2D eigenvalue weighted by Crippen LogP contribution is -2.44. The molecule has 0 saturated carbocycles. The lowest BCUT2D eigenvalue weighted by Gasteiger charge is -2.13. The molecule has 0 unspecified atom stereocenters. The topological polar surface area (TPSA) is 96.5 Å². The Morgan fingerprint density at radius 3 is 2.55 bits per heavy atom. The van der Waals surface area contributed by atoms with Crippen molar-refractivity contribution in [3.05, 3.63) is 24.3 Å². The molecule has 1 atom stereocenters. The summed E-state index contributed by atoms with van der Waals surface area (Å²) in [5.41, 5.74) is 0.465. The van der Waals surface area contributed by atoms with Crippen LogP contribution in [0.15, 0.2) is 24.3 Å². The summed E-state index contributed by atoms with van der Waals surface area (Å²) in [6, 6.07) is 6.15. The minimum Gasteiger partial charge on any atom is -0.482 e. The van der Waals surface area contributed by atoms with E-state index in [9.17, 15) is 14.4 Å². The van der Waals surface area contributed by atoms with Gasteiger partial charge in [-0.3, -0.25) is 14.9 Å². The first-order valence-electron chi connectivity index (χ1n) is 7.02. The fraction of sp³-hybridized carbons (Fsp3) is 0.400. The number of para-hydroxylation sites is 2. The van der Waals surface area contributed by atoms with Gasteiger partial charge in [-0.1, -0.05) is 19.1 Å². The number of carbonyl (C=O) groups excluding carboxylic acids is 3. The largest absolute Gasteiger partial charge is 0.482 e. The van der Waals surface area contributed by atoms with E-state index in [4.69, 9.17) is 4.74 Å². The van der Waals surface area contributed by atoms with Gasteiger partial charge in [-0.05, 0) is 25.5 Å². The molecule has 1 aromatic rings. The molecule has 1 aromatic carbocycles. The summed E-state index contributed by atoms with van der Waals surface area (Å²) < 4.78 is 5.33. The van der Waals surface area contributed by atoms with Crippen LogP contribution in [0.1, 0.15) is 27.2 Å². The third kappa shape index (κ3) is 6.25. The van der Waals surface area contributed by atoms with Crippen molar-refractivity contribution in [1.82, 2.24) is 10.6 Å². The number of nitrogens with one attached hydrogen (secondary N) is 3. The Hall–Kier alpha value is -2.57. The first-order chi connectivity index (χ1) is 10.4. The summed E-state index contributed by atoms with van der Waals surface area (Å²) in [7, 11) is 0. The van der Waals surface area contributed by atoms with Crippen molar-refractivity contribution in [2.45, 2.75) is 33.2 Å². The molecular weight excluding hydrogens is 286 g/mol. The molecule has 0 bridgehead atoms. The van der Waals surface area contributed by atoms with Crippen molar-refractivity contribution in [1.29, 1.82) is 0 Å². The van der Waals surface area contributed by atoms with Crippen LogP contribution in [0.2, 0.25) is 0 Å². The molecule has 0 spiro atoms. The van der Waals surface area contributed by atoms with E-state index < -0.39 is 11.9 Å². The molecule has 0 aliphatic rings. The van der Waals surface area contributed by atoms with Crippen molar-refractivity contribution < 1.29 is 19.1 Å². The highest BCUT2D eigenvalue weighted by Crippen LogP contribution is 2.23. The first-order valence-corrected chi connectivity index (χ1v) is 7.02. The van der Waals surface area contributed by atoms with Gasteiger partial charge in [0.1, 0.15) is 5.75 Å². The van der Waals surface area contributed by atoms with E-state index in [1.807, 2.05) is 13.8 Å². The quantitative estimate of drug-likeness (QED) is 0.744. The van der Waals surface area contributed by atoms with Crippen molar-refractivity contribution in [2.75, 3.05) is 11.9 Å². The third-order valence-corrected chi connectivity index (χ3v) is 2.80. The smallest absolute Gasteiger partial charge is 0.321 e. The van der Waals surface area contributed by atoms with Crippen LogP contribution in [0, 0.1) is 0 Å². The van der Waals surface area contributed by atoms with Gasteiger partial charge in [0.2, 0.25) is 5.91 Å². The number of amides is 4. The van der Waals surface area contributed by atoms with Crippen LogP contribution in [0.3, 0.4) is 0 Å². The van der Waals surface area contributed by atoms with Gasteiger partial charge >= 0.3 is 6.03 Å². The molecule has 0 saturated heterocycles. The molecule has 3 N–H and O–H groups in total. The van der Waals surface area contributed by atoms with Crippen LogP contribution in [0.4, 0.5) is 10.5 Å². The van der Waals surface area contributed by atoms with E-state index in [1.54, 1.807) is 24.3 Å².